The molecule has 0 unspecified atom stereocenters. The van der Waals surface area contributed by atoms with Crippen LogP contribution in [-0.4, -0.2) is 128 Å². The van der Waals surface area contributed by atoms with E-state index < -0.39 is 0 Å². The zero-order valence-electron chi connectivity index (χ0n) is 36.7. The predicted octanol–water partition coefficient (Wildman–Crippen LogP) is 6.75. The van der Waals surface area contributed by atoms with Crippen molar-refractivity contribution >= 4 is 41.2 Å². The predicted molar refractivity (Wildman–Crippen MR) is 247 cm³/mol. The van der Waals surface area contributed by atoms with E-state index in [4.69, 9.17) is 11.4 Å². The molecule has 2 aromatic carbocycles. The number of likely N-dealkylation sites (N-methyl/N-ethyl adjacent to an activating group) is 1. The third kappa shape index (κ3) is 20.4. The van der Waals surface area contributed by atoms with Crippen molar-refractivity contribution in [3.63, 3.8) is 0 Å². The first-order valence-corrected chi connectivity index (χ1v) is 20.9. The van der Waals surface area contributed by atoms with E-state index in [9.17, 15) is 9.59 Å². The van der Waals surface area contributed by atoms with Gasteiger partial charge < -0.3 is 40.3 Å². The molecule has 3 fully saturated rings. The fourth-order valence-electron chi connectivity index (χ4n) is 6.04. The summed E-state index contributed by atoms with van der Waals surface area (Å²) in [5.74, 6) is 2.43. The first kappa shape index (κ1) is 50.4. The second kappa shape index (κ2) is 31.5. The molecule has 3 saturated heterocycles. The smallest absolute Gasteiger partial charge is 0.211 e. The van der Waals surface area contributed by atoms with Gasteiger partial charge in [0.25, 0.3) is 0 Å². The number of piperazine rings is 2. The maximum Gasteiger partial charge on any atom is 0.211 e. The molecule has 3 aliphatic rings. The number of benzene rings is 2. The molecular weight excluding hydrogens is 711 g/mol. The highest BCUT2D eigenvalue weighted by molar-refractivity contribution is 6.02. The van der Waals surface area contributed by atoms with Crippen molar-refractivity contribution in [2.75, 3.05) is 119 Å². The van der Waals surface area contributed by atoms with Crippen molar-refractivity contribution in [3.05, 3.63) is 72.5 Å². The maximum absolute atomic E-state index is 10.6. The van der Waals surface area contributed by atoms with Crippen LogP contribution in [0.3, 0.4) is 0 Å². The highest BCUT2D eigenvalue weighted by Crippen LogP contribution is 2.22. The molecule has 0 aromatic heterocycles. The van der Waals surface area contributed by atoms with E-state index in [-0.39, 0.29) is 0 Å². The molecular formula is C46H75N9O2. The minimum atomic E-state index is 0.530. The largest absolute Gasteiger partial charge is 0.374 e. The summed E-state index contributed by atoms with van der Waals surface area (Å²) in [7, 11) is 4.22. The lowest BCUT2D eigenvalue weighted by Gasteiger charge is -2.35. The van der Waals surface area contributed by atoms with Crippen LogP contribution < -0.4 is 30.7 Å². The standard InChI is InChI=1S/C19H29N5.C18H26N4O2.C4H6.C3H8.C2H6/c1-3-16-8-9-20-14-19(16)22-15-21-17-4-6-18(7-5-17)24-12-10-23(2)11-13-24;1-16(19-15-24)7-8-20(2)17-3-5-18(6-4-17)22-11-9-21(10-12-22)13-14-23;1-3-4-2;1-3-2;1-2/h3-7,20-21H,8-15H2,1-2H3;3-6,14-15H,1,7-13H2,2H3,(H,19,24);1H,4H2,2H3;3H2,1-2H3;1-2H3/b16-3-,22-19-;;;;. The average Bonchev–Trinajstić information content (AvgIpc) is 3.25. The molecule has 11 heteroatoms. The number of carbonyl (C=O) groups excluding carboxylic acids is 2. The Morgan fingerprint density at radius 1 is 0.930 bits per heavy atom. The van der Waals surface area contributed by atoms with Crippen LogP contribution in [0, 0.1) is 12.3 Å². The summed E-state index contributed by atoms with van der Waals surface area (Å²) >= 11 is 0. The van der Waals surface area contributed by atoms with E-state index in [1.54, 1.807) is 0 Å². The molecule has 0 radical (unpaired) electrons. The van der Waals surface area contributed by atoms with Gasteiger partial charge in [0, 0.05) is 114 Å². The maximum atomic E-state index is 10.6. The van der Waals surface area contributed by atoms with E-state index in [0.29, 0.717) is 19.6 Å². The summed E-state index contributed by atoms with van der Waals surface area (Å²) in [4.78, 5) is 37.1. The van der Waals surface area contributed by atoms with Crippen molar-refractivity contribution in [2.45, 2.75) is 67.2 Å². The fourth-order valence-corrected chi connectivity index (χ4v) is 6.04. The lowest BCUT2D eigenvalue weighted by molar-refractivity contribution is -0.109. The Morgan fingerprint density at radius 2 is 1.47 bits per heavy atom. The third-order valence-corrected chi connectivity index (χ3v) is 9.45. The van der Waals surface area contributed by atoms with Gasteiger partial charge in [-0.05, 0) is 81.0 Å². The van der Waals surface area contributed by atoms with Gasteiger partial charge in [-0.3, -0.25) is 14.7 Å². The molecule has 0 atom stereocenters. The first-order valence-electron chi connectivity index (χ1n) is 20.9. The number of allylic oxidation sites excluding steroid dienone is 1. The molecule has 316 valence electrons. The summed E-state index contributed by atoms with van der Waals surface area (Å²) in [6, 6.07) is 17.2. The topological polar surface area (TPSA) is 98.8 Å². The van der Waals surface area contributed by atoms with Gasteiger partial charge in [0.05, 0.1) is 12.3 Å². The van der Waals surface area contributed by atoms with E-state index in [1.807, 2.05) is 27.8 Å². The molecule has 0 bridgehead atoms. The summed E-state index contributed by atoms with van der Waals surface area (Å²) in [5, 5.41) is 9.37. The van der Waals surface area contributed by atoms with Gasteiger partial charge in [-0.15, -0.1) is 12.3 Å². The molecule has 3 aliphatic heterocycles. The fraction of sp³-hybridized carbons (Fsp3) is 0.543. The quantitative estimate of drug-likeness (QED) is 0.151. The van der Waals surface area contributed by atoms with E-state index in [0.717, 1.165) is 115 Å². The van der Waals surface area contributed by atoms with Gasteiger partial charge in [-0.2, -0.15) is 0 Å². The third-order valence-electron chi connectivity index (χ3n) is 9.45. The normalized spacial score (nSPS) is 16.8. The molecule has 0 saturated carbocycles. The van der Waals surface area contributed by atoms with Crippen LogP contribution in [0.4, 0.5) is 22.7 Å². The van der Waals surface area contributed by atoms with Crippen LogP contribution in [0.15, 0.2) is 77.4 Å². The molecule has 2 aromatic rings. The number of nitrogens with zero attached hydrogens (tertiary/aromatic N) is 6. The van der Waals surface area contributed by atoms with Crippen LogP contribution in [0.25, 0.3) is 0 Å². The van der Waals surface area contributed by atoms with Crippen molar-refractivity contribution in [1.29, 1.82) is 0 Å². The zero-order chi connectivity index (χ0) is 42.3. The van der Waals surface area contributed by atoms with E-state index in [2.05, 4.69) is 135 Å². The minimum Gasteiger partial charge on any atom is -0.374 e. The van der Waals surface area contributed by atoms with Gasteiger partial charge >= 0.3 is 0 Å². The average molecular weight is 786 g/mol. The second-order valence-electron chi connectivity index (χ2n) is 13.8. The Balaban J connectivity index is 0.000000472. The van der Waals surface area contributed by atoms with Gasteiger partial charge in [0.2, 0.25) is 6.41 Å². The van der Waals surface area contributed by atoms with Crippen molar-refractivity contribution in [3.8, 4) is 12.3 Å². The van der Waals surface area contributed by atoms with Gasteiger partial charge in [-0.1, -0.05) is 53.7 Å². The molecule has 1 amide bonds. The Hall–Kier alpha value is -4.63. The van der Waals surface area contributed by atoms with Gasteiger partial charge in [-0.25, -0.2) is 0 Å². The summed E-state index contributed by atoms with van der Waals surface area (Å²) in [6.45, 7) is 28.2. The Bertz CT molecular complexity index is 1470. The number of hydrogen-bond donors (Lipinski definition) is 3. The molecule has 5 rings (SSSR count). The number of nitrogens with one attached hydrogen (secondary N) is 3. The molecule has 57 heavy (non-hydrogen) atoms. The lowest BCUT2D eigenvalue weighted by atomic mass is 10.0. The first-order chi connectivity index (χ1) is 27.7. The number of amides is 1. The molecule has 3 N–H and O–H groups in total. The molecule has 11 nitrogen and oxygen atoms in total. The lowest BCUT2D eigenvalue weighted by Crippen LogP contribution is -2.46. The van der Waals surface area contributed by atoms with Crippen LogP contribution in [-0.2, 0) is 9.59 Å². The minimum absolute atomic E-state index is 0.530. The zero-order valence-corrected chi connectivity index (χ0v) is 36.7. The molecule has 0 spiro atoms. The monoisotopic (exact) mass is 786 g/mol. The molecule has 3 heterocycles. The Kier molecular flexibility index (Phi) is 27.8. The highest BCUT2D eigenvalue weighted by Gasteiger charge is 2.17. The number of carbonyl (C=O) groups is 2. The number of terminal acetylenes is 1. The summed E-state index contributed by atoms with van der Waals surface area (Å²) in [6.07, 6.45) is 12.5. The van der Waals surface area contributed by atoms with Crippen molar-refractivity contribution in [1.82, 2.24) is 20.4 Å². The number of rotatable bonds is 13. The second-order valence-corrected chi connectivity index (χ2v) is 13.8. The number of hydrogen-bond acceptors (Lipinski definition) is 10. The number of aldehydes is 1. The van der Waals surface area contributed by atoms with Crippen LogP contribution in [0.1, 0.15) is 67.2 Å². The number of anilines is 4. The Morgan fingerprint density at radius 3 is 1.98 bits per heavy atom. The van der Waals surface area contributed by atoms with E-state index in [1.165, 1.54) is 29.1 Å². The van der Waals surface area contributed by atoms with Crippen molar-refractivity contribution in [2.24, 2.45) is 4.99 Å². The molecule has 0 aliphatic carbocycles. The summed E-state index contributed by atoms with van der Waals surface area (Å²) < 4.78 is 0. The van der Waals surface area contributed by atoms with Crippen LogP contribution >= 0.6 is 0 Å². The Labute approximate surface area is 346 Å². The van der Waals surface area contributed by atoms with Crippen LogP contribution in [0.5, 0.6) is 0 Å². The van der Waals surface area contributed by atoms with E-state index >= 15 is 0 Å². The summed E-state index contributed by atoms with van der Waals surface area (Å²) in [5.41, 5.74) is 8.07. The van der Waals surface area contributed by atoms with Crippen LogP contribution in [0.2, 0.25) is 0 Å². The van der Waals surface area contributed by atoms with Gasteiger partial charge in [0.15, 0.2) is 0 Å². The van der Waals surface area contributed by atoms with Crippen molar-refractivity contribution < 1.29 is 9.59 Å². The highest BCUT2D eigenvalue weighted by atomic mass is 16.1. The number of piperidine rings is 1. The SMILES string of the molecule is C#CCC.C/C=C1/CCNC/C1=N/CNc1ccc(N2CCN(C)CC2)cc1.C=C(CCN(C)c1ccc(N2CCN(CC=O)CC2)cc1)NC=O.CC.CCC. The van der Waals surface area contributed by atoms with Gasteiger partial charge in [0.1, 0.15) is 13.0 Å². The number of aliphatic imine (C=N–C) groups is 1.